The summed E-state index contributed by atoms with van der Waals surface area (Å²) >= 11 is 4.95. The van der Waals surface area contributed by atoms with E-state index in [1.165, 1.54) is 44.9 Å². The Balaban J connectivity index is 3.31. The van der Waals surface area contributed by atoms with Gasteiger partial charge < -0.3 is 0 Å². The maximum atomic E-state index is 12.8. The Kier molecular flexibility index (Phi) is 11.9. The van der Waals surface area contributed by atoms with Gasteiger partial charge in [0.1, 0.15) is 0 Å². The lowest BCUT2D eigenvalue weighted by atomic mass is 10.0. The summed E-state index contributed by atoms with van der Waals surface area (Å²) in [6, 6.07) is -1.12. The van der Waals surface area contributed by atoms with Gasteiger partial charge in [-0.3, -0.25) is 5.84 Å². The van der Waals surface area contributed by atoms with Crippen LogP contribution in [0.3, 0.4) is 0 Å². The lowest BCUT2D eigenvalue weighted by Gasteiger charge is -2.20. The van der Waals surface area contributed by atoms with Gasteiger partial charge in [-0.25, -0.2) is 5.43 Å². The molecule has 0 spiro atoms. The number of hydrogen-bond acceptors (Lipinski definition) is 2. The van der Waals surface area contributed by atoms with Crippen molar-refractivity contribution in [2.45, 2.75) is 89.0 Å². The molecule has 0 aromatic rings. The van der Waals surface area contributed by atoms with Gasteiger partial charge in [-0.15, -0.1) is 0 Å². The third-order valence-corrected chi connectivity index (χ3v) is 3.71. The first kappa shape index (κ1) is 19.1. The van der Waals surface area contributed by atoms with E-state index in [0.717, 1.165) is 19.3 Å². The Hall–Kier alpha value is 0.0700. The van der Waals surface area contributed by atoms with E-state index in [1.807, 2.05) is 0 Å². The summed E-state index contributed by atoms with van der Waals surface area (Å²) in [6.45, 7) is 2.22. The van der Waals surface area contributed by atoms with Crippen molar-refractivity contribution in [1.82, 2.24) is 5.43 Å². The minimum atomic E-state index is -3.26. The van der Waals surface area contributed by atoms with Crippen LogP contribution >= 0.6 is 11.6 Å². The molecule has 0 saturated heterocycles. The zero-order valence-electron chi connectivity index (χ0n) is 12.1. The average Bonchev–Trinajstić information content (AvgIpc) is 2.34. The van der Waals surface area contributed by atoms with E-state index in [0.29, 0.717) is 6.42 Å². The minimum absolute atomic E-state index is 0.323. The van der Waals surface area contributed by atoms with Crippen molar-refractivity contribution in [2.24, 2.45) is 5.84 Å². The standard InChI is InChI=1S/C14H29ClF2N2/c1-2-3-4-5-6-7-8-9-10-11-12-13(19-18)14(15,16)17/h13,19H,2-12,18H2,1H3. The number of alkyl halides is 3. The summed E-state index contributed by atoms with van der Waals surface area (Å²) in [5.74, 6) is 5.06. The lowest BCUT2D eigenvalue weighted by Crippen LogP contribution is -2.45. The monoisotopic (exact) mass is 298 g/mol. The lowest BCUT2D eigenvalue weighted by molar-refractivity contribution is 0.0456. The van der Waals surface area contributed by atoms with Crippen LogP contribution in [0.5, 0.6) is 0 Å². The summed E-state index contributed by atoms with van der Waals surface area (Å²) in [7, 11) is 0. The molecule has 1 atom stereocenters. The van der Waals surface area contributed by atoms with Crippen molar-refractivity contribution >= 4 is 11.6 Å². The van der Waals surface area contributed by atoms with Gasteiger partial charge in [0.05, 0.1) is 6.04 Å². The fourth-order valence-electron chi connectivity index (χ4n) is 2.18. The highest BCUT2D eigenvalue weighted by atomic mass is 35.5. The van der Waals surface area contributed by atoms with Gasteiger partial charge in [-0.05, 0) is 18.0 Å². The Morgan fingerprint density at radius 2 is 1.37 bits per heavy atom. The van der Waals surface area contributed by atoms with Crippen LogP contribution in [0.4, 0.5) is 8.78 Å². The molecule has 0 heterocycles. The number of nitrogens with one attached hydrogen (secondary N) is 1. The molecule has 1 unspecified atom stereocenters. The van der Waals surface area contributed by atoms with Crippen molar-refractivity contribution in [1.29, 1.82) is 0 Å². The van der Waals surface area contributed by atoms with Crippen LogP contribution < -0.4 is 11.3 Å². The molecule has 0 radical (unpaired) electrons. The normalized spacial score (nSPS) is 13.7. The Labute approximate surface area is 121 Å². The summed E-state index contributed by atoms with van der Waals surface area (Å²) in [4.78, 5) is 0. The molecule has 0 aliphatic carbocycles. The average molecular weight is 299 g/mol. The van der Waals surface area contributed by atoms with Crippen LogP contribution in [0.1, 0.15) is 77.6 Å². The summed E-state index contributed by atoms with van der Waals surface area (Å²) in [5.41, 5.74) is 2.09. The Morgan fingerprint density at radius 1 is 0.947 bits per heavy atom. The molecule has 0 aromatic carbocycles. The molecule has 0 fully saturated rings. The van der Waals surface area contributed by atoms with Gasteiger partial charge in [0.15, 0.2) is 0 Å². The smallest absolute Gasteiger partial charge is 0.271 e. The Bertz CT molecular complexity index is 198. The van der Waals surface area contributed by atoms with Crippen LogP contribution in [0.15, 0.2) is 0 Å². The van der Waals surface area contributed by atoms with Crippen molar-refractivity contribution in [3.63, 3.8) is 0 Å². The van der Waals surface area contributed by atoms with Crippen LogP contribution in [0.25, 0.3) is 0 Å². The van der Waals surface area contributed by atoms with E-state index in [4.69, 9.17) is 17.4 Å². The largest absolute Gasteiger partial charge is 0.338 e. The molecule has 0 aromatic heterocycles. The van der Waals surface area contributed by atoms with Crippen molar-refractivity contribution in [3.8, 4) is 0 Å². The molecule has 0 bridgehead atoms. The molecule has 0 amide bonds. The number of unbranched alkanes of at least 4 members (excludes halogenated alkanes) is 9. The molecule has 0 saturated carbocycles. The van der Waals surface area contributed by atoms with E-state index >= 15 is 0 Å². The summed E-state index contributed by atoms with van der Waals surface area (Å²) < 4.78 is 25.6. The number of rotatable bonds is 13. The zero-order valence-corrected chi connectivity index (χ0v) is 12.8. The summed E-state index contributed by atoms with van der Waals surface area (Å²) in [6.07, 6.45) is 12.2. The molecular formula is C14H29ClF2N2. The van der Waals surface area contributed by atoms with Crippen LogP contribution in [0, 0.1) is 0 Å². The molecule has 3 N–H and O–H groups in total. The van der Waals surface area contributed by atoms with Gasteiger partial charge in [-0.2, -0.15) is 8.78 Å². The molecule has 0 aliphatic heterocycles. The number of halogens is 3. The topological polar surface area (TPSA) is 38.0 Å². The fraction of sp³-hybridized carbons (Fsp3) is 1.00. The summed E-state index contributed by atoms with van der Waals surface area (Å²) in [5, 5.41) is -3.26. The first-order valence-electron chi connectivity index (χ1n) is 7.55. The quantitative estimate of drug-likeness (QED) is 0.218. The van der Waals surface area contributed by atoms with Crippen LogP contribution in [0.2, 0.25) is 0 Å². The van der Waals surface area contributed by atoms with Gasteiger partial charge in [0.25, 0.3) is 0 Å². The molecule has 0 aliphatic rings. The SMILES string of the molecule is CCCCCCCCCCCCC(NN)C(F)(F)Cl. The molecule has 2 nitrogen and oxygen atoms in total. The highest BCUT2D eigenvalue weighted by Gasteiger charge is 2.35. The highest BCUT2D eigenvalue weighted by molar-refractivity contribution is 6.22. The fourth-order valence-corrected chi connectivity index (χ4v) is 2.35. The molecule has 19 heavy (non-hydrogen) atoms. The van der Waals surface area contributed by atoms with E-state index in [2.05, 4.69) is 12.3 Å². The van der Waals surface area contributed by atoms with E-state index in [1.54, 1.807) is 0 Å². The maximum Gasteiger partial charge on any atom is 0.338 e. The van der Waals surface area contributed by atoms with E-state index in [9.17, 15) is 8.78 Å². The second-order valence-electron chi connectivity index (χ2n) is 5.23. The second kappa shape index (κ2) is 11.9. The third-order valence-electron chi connectivity index (χ3n) is 3.44. The van der Waals surface area contributed by atoms with E-state index in [-0.39, 0.29) is 0 Å². The first-order valence-corrected chi connectivity index (χ1v) is 7.93. The third kappa shape index (κ3) is 11.6. The maximum absolute atomic E-state index is 12.8. The highest BCUT2D eigenvalue weighted by Crippen LogP contribution is 2.26. The van der Waals surface area contributed by atoms with Crippen LogP contribution in [-0.4, -0.2) is 11.4 Å². The van der Waals surface area contributed by atoms with Crippen LogP contribution in [-0.2, 0) is 0 Å². The molecule has 0 rings (SSSR count). The minimum Gasteiger partial charge on any atom is -0.271 e. The number of hydrogen-bond donors (Lipinski definition) is 2. The van der Waals surface area contributed by atoms with Crippen molar-refractivity contribution in [2.75, 3.05) is 0 Å². The van der Waals surface area contributed by atoms with Gasteiger partial charge in [0, 0.05) is 0 Å². The van der Waals surface area contributed by atoms with Gasteiger partial charge >= 0.3 is 5.38 Å². The zero-order chi connectivity index (χ0) is 14.6. The van der Waals surface area contributed by atoms with Gasteiger partial charge in [-0.1, -0.05) is 71.1 Å². The van der Waals surface area contributed by atoms with E-state index < -0.39 is 11.4 Å². The van der Waals surface area contributed by atoms with Crippen molar-refractivity contribution in [3.05, 3.63) is 0 Å². The number of nitrogens with two attached hydrogens (primary N) is 1. The molecule has 116 valence electrons. The molecule has 5 heteroatoms. The predicted molar refractivity (Wildman–Crippen MR) is 78.4 cm³/mol. The molecular weight excluding hydrogens is 270 g/mol. The predicted octanol–water partition coefficient (Wildman–Crippen LogP) is 4.96. The van der Waals surface area contributed by atoms with Crippen molar-refractivity contribution < 1.29 is 8.78 Å². The first-order chi connectivity index (χ1) is 9.02. The van der Waals surface area contributed by atoms with Gasteiger partial charge in [0.2, 0.25) is 0 Å². The number of hydrazine groups is 1. The Morgan fingerprint density at radius 3 is 1.74 bits per heavy atom. The second-order valence-corrected chi connectivity index (χ2v) is 5.74.